The summed E-state index contributed by atoms with van der Waals surface area (Å²) in [6, 6.07) is 7.32. The van der Waals surface area contributed by atoms with Crippen molar-refractivity contribution in [1.82, 2.24) is 10.2 Å². The third-order valence-corrected chi connectivity index (χ3v) is 2.66. The van der Waals surface area contributed by atoms with Gasteiger partial charge in [0.15, 0.2) is 0 Å². The maximum absolute atomic E-state index is 12.0. The molecular weight excluding hydrogens is 242 g/mol. The van der Waals surface area contributed by atoms with E-state index in [0.717, 1.165) is 23.6 Å². The van der Waals surface area contributed by atoms with Gasteiger partial charge >= 0.3 is 0 Å². The van der Waals surface area contributed by atoms with Crippen molar-refractivity contribution in [2.75, 3.05) is 11.9 Å². The number of nitrogens with one attached hydrogen (secondary N) is 2. The van der Waals surface area contributed by atoms with Crippen LogP contribution in [0.25, 0.3) is 0 Å². The normalized spacial score (nSPS) is 10.2. The number of carbonyl (C=O) groups excluding carboxylic acids is 1. The number of aromatic nitrogens is 2. The summed E-state index contributed by atoms with van der Waals surface area (Å²) in [5, 5.41) is 9.38. The van der Waals surface area contributed by atoms with Crippen LogP contribution >= 0.6 is 0 Å². The summed E-state index contributed by atoms with van der Waals surface area (Å²) in [7, 11) is 0. The highest BCUT2D eigenvalue weighted by Crippen LogP contribution is 2.17. The zero-order valence-corrected chi connectivity index (χ0v) is 11.1. The number of rotatable bonds is 5. The van der Waals surface area contributed by atoms with Crippen molar-refractivity contribution in [2.24, 2.45) is 0 Å². The van der Waals surface area contributed by atoms with Crippen molar-refractivity contribution < 1.29 is 9.53 Å². The second kappa shape index (κ2) is 6.04. The van der Waals surface area contributed by atoms with Gasteiger partial charge in [-0.25, -0.2) is 0 Å². The number of hydrogen-bond acceptors (Lipinski definition) is 3. The highest BCUT2D eigenvalue weighted by Gasteiger charge is 2.10. The van der Waals surface area contributed by atoms with Crippen molar-refractivity contribution in [3.8, 4) is 5.75 Å². The predicted octanol–water partition coefficient (Wildman–Crippen LogP) is 2.76. The number of aryl methyl sites for hydroxylation is 1. The van der Waals surface area contributed by atoms with E-state index in [1.54, 1.807) is 0 Å². The minimum absolute atomic E-state index is 0.173. The minimum atomic E-state index is -0.173. The Morgan fingerprint density at radius 3 is 2.68 bits per heavy atom. The molecule has 0 radical (unpaired) electrons. The average molecular weight is 259 g/mol. The van der Waals surface area contributed by atoms with Crippen molar-refractivity contribution in [1.29, 1.82) is 0 Å². The van der Waals surface area contributed by atoms with E-state index in [-0.39, 0.29) is 5.91 Å². The lowest BCUT2D eigenvalue weighted by molar-refractivity contribution is 0.102. The van der Waals surface area contributed by atoms with Crippen LogP contribution in [-0.4, -0.2) is 22.7 Å². The van der Waals surface area contributed by atoms with Crippen LogP contribution < -0.4 is 10.1 Å². The molecule has 2 N–H and O–H groups in total. The fourth-order valence-electron chi connectivity index (χ4n) is 1.63. The molecule has 0 unspecified atom stereocenters. The molecule has 5 nitrogen and oxygen atoms in total. The van der Waals surface area contributed by atoms with Gasteiger partial charge in [0.05, 0.1) is 18.4 Å². The topological polar surface area (TPSA) is 67.0 Å². The summed E-state index contributed by atoms with van der Waals surface area (Å²) < 4.78 is 5.48. The largest absolute Gasteiger partial charge is 0.494 e. The molecule has 0 saturated carbocycles. The van der Waals surface area contributed by atoms with Crippen LogP contribution in [-0.2, 0) is 0 Å². The molecule has 0 bridgehead atoms. The standard InChI is InChI=1S/C14H17N3O2/c1-3-8-19-12-6-4-11(5-7-12)16-14(18)13-9-15-17-10(13)2/h4-7,9H,3,8H2,1-2H3,(H,15,17)(H,16,18). The molecule has 0 aliphatic rings. The second-order valence-corrected chi connectivity index (χ2v) is 4.24. The van der Waals surface area contributed by atoms with E-state index in [0.29, 0.717) is 12.2 Å². The predicted molar refractivity (Wildman–Crippen MR) is 73.5 cm³/mol. The van der Waals surface area contributed by atoms with E-state index in [2.05, 4.69) is 22.4 Å². The van der Waals surface area contributed by atoms with Gasteiger partial charge in [0, 0.05) is 11.4 Å². The van der Waals surface area contributed by atoms with E-state index >= 15 is 0 Å². The van der Waals surface area contributed by atoms with Crippen molar-refractivity contribution in [3.63, 3.8) is 0 Å². The molecule has 1 heterocycles. The number of ether oxygens (including phenoxy) is 1. The zero-order chi connectivity index (χ0) is 13.7. The first kappa shape index (κ1) is 13.1. The SMILES string of the molecule is CCCOc1ccc(NC(=O)c2cn[nH]c2C)cc1. The Morgan fingerprint density at radius 1 is 1.37 bits per heavy atom. The summed E-state index contributed by atoms with van der Waals surface area (Å²) in [4.78, 5) is 12.0. The van der Waals surface area contributed by atoms with Gasteiger partial charge in [0.2, 0.25) is 0 Å². The maximum Gasteiger partial charge on any atom is 0.259 e. The van der Waals surface area contributed by atoms with Gasteiger partial charge in [-0.15, -0.1) is 0 Å². The van der Waals surface area contributed by atoms with Gasteiger partial charge in [0.1, 0.15) is 5.75 Å². The van der Waals surface area contributed by atoms with Gasteiger partial charge in [-0.1, -0.05) is 6.92 Å². The highest BCUT2D eigenvalue weighted by molar-refractivity contribution is 6.04. The van der Waals surface area contributed by atoms with Crippen LogP contribution in [0.4, 0.5) is 5.69 Å². The second-order valence-electron chi connectivity index (χ2n) is 4.24. The third kappa shape index (κ3) is 3.34. The molecule has 1 aromatic carbocycles. The lowest BCUT2D eigenvalue weighted by Gasteiger charge is -2.07. The fourth-order valence-corrected chi connectivity index (χ4v) is 1.63. The van der Waals surface area contributed by atoms with Crippen molar-refractivity contribution in [2.45, 2.75) is 20.3 Å². The molecule has 100 valence electrons. The Bertz CT molecular complexity index is 546. The molecule has 0 aliphatic heterocycles. The molecule has 2 rings (SSSR count). The summed E-state index contributed by atoms with van der Waals surface area (Å²) >= 11 is 0. The van der Waals surface area contributed by atoms with Gasteiger partial charge in [-0.05, 0) is 37.6 Å². The Labute approximate surface area is 112 Å². The lowest BCUT2D eigenvalue weighted by atomic mass is 10.2. The van der Waals surface area contributed by atoms with Crippen LogP contribution in [0, 0.1) is 6.92 Å². The van der Waals surface area contributed by atoms with Gasteiger partial charge in [0.25, 0.3) is 5.91 Å². The third-order valence-electron chi connectivity index (χ3n) is 2.66. The molecule has 0 spiro atoms. The van der Waals surface area contributed by atoms with Crippen LogP contribution in [0.15, 0.2) is 30.5 Å². The number of nitrogens with zero attached hydrogens (tertiary/aromatic N) is 1. The number of anilines is 1. The zero-order valence-electron chi connectivity index (χ0n) is 11.1. The summed E-state index contributed by atoms with van der Waals surface area (Å²) in [6.07, 6.45) is 2.49. The lowest BCUT2D eigenvalue weighted by Crippen LogP contribution is -2.12. The number of H-pyrrole nitrogens is 1. The maximum atomic E-state index is 12.0. The van der Waals surface area contributed by atoms with Crippen LogP contribution in [0.1, 0.15) is 29.4 Å². The summed E-state index contributed by atoms with van der Waals surface area (Å²) in [5.41, 5.74) is 2.03. The van der Waals surface area contributed by atoms with E-state index in [1.165, 1.54) is 6.20 Å². The first-order valence-corrected chi connectivity index (χ1v) is 6.25. The molecule has 1 aromatic heterocycles. The Balaban J connectivity index is 2.00. The molecule has 0 atom stereocenters. The number of amides is 1. The van der Waals surface area contributed by atoms with Gasteiger partial charge in [-0.2, -0.15) is 5.10 Å². The number of hydrogen-bond donors (Lipinski definition) is 2. The van der Waals surface area contributed by atoms with E-state index in [1.807, 2.05) is 31.2 Å². The van der Waals surface area contributed by atoms with Crippen LogP contribution in [0.5, 0.6) is 5.75 Å². The quantitative estimate of drug-likeness (QED) is 0.867. The Hall–Kier alpha value is -2.30. The monoisotopic (exact) mass is 259 g/mol. The van der Waals surface area contributed by atoms with E-state index in [9.17, 15) is 4.79 Å². The molecule has 19 heavy (non-hydrogen) atoms. The summed E-state index contributed by atoms with van der Waals surface area (Å²) in [6.45, 7) is 4.56. The number of aromatic amines is 1. The van der Waals surface area contributed by atoms with E-state index < -0.39 is 0 Å². The molecule has 2 aromatic rings. The van der Waals surface area contributed by atoms with E-state index in [4.69, 9.17) is 4.74 Å². The van der Waals surface area contributed by atoms with Crippen molar-refractivity contribution >= 4 is 11.6 Å². The number of carbonyl (C=O) groups is 1. The van der Waals surface area contributed by atoms with Crippen LogP contribution in [0.2, 0.25) is 0 Å². The molecule has 1 amide bonds. The minimum Gasteiger partial charge on any atom is -0.494 e. The molecule has 0 fully saturated rings. The molecular formula is C14H17N3O2. The van der Waals surface area contributed by atoms with Gasteiger partial charge < -0.3 is 10.1 Å². The first-order valence-electron chi connectivity index (χ1n) is 6.25. The first-order chi connectivity index (χ1) is 9.20. The summed E-state index contributed by atoms with van der Waals surface area (Å²) in [5.74, 6) is 0.632. The highest BCUT2D eigenvalue weighted by atomic mass is 16.5. The smallest absolute Gasteiger partial charge is 0.259 e. The number of benzene rings is 1. The van der Waals surface area contributed by atoms with Gasteiger partial charge in [-0.3, -0.25) is 9.89 Å². The Morgan fingerprint density at radius 2 is 2.11 bits per heavy atom. The Kier molecular flexibility index (Phi) is 4.18. The molecule has 5 heteroatoms. The molecule has 0 aliphatic carbocycles. The molecule has 0 saturated heterocycles. The van der Waals surface area contributed by atoms with Crippen molar-refractivity contribution in [3.05, 3.63) is 41.7 Å². The fraction of sp³-hybridized carbons (Fsp3) is 0.286. The average Bonchev–Trinajstić information content (AvgIpc) is 2.84. The van der Waals surface area contributed by atoms with Crippen LogP contribution in [0.3, 0.4) is 0 Å².